The lowest BCUT2D eigenvalue weighted by Crippen LogP contribution is -2.35. The Labute approximate surface area is 146 Å². The molecule has 0 bridgehead atoms. The summed E-state index contributed by atoms with van der Waals surface area (Å²) in [5, 5.41) is 2.69. The largest absolute Gasteiger partial charge is 0.469 e. The van der Waals surface area contributed by atoms with Crippen LogP contribution < -0.4 is 9.61 Å². The SMILES string of the molecule is COOC(C)[C@H](C)NP(=O)(Cl)Oc1ccccc1CCC(=O)OC. The topological polar surface area (TPSA) is 83.1 Å². The van der Waals surface area contributed by atoms with Gasteiger partial charge in [-0.3, -0.25) is 4.79 Å². The first-order chi connectivity index (χ1) is 11.3. The van der Waals surface area contributed by atoms with E-state index in [4.69, 9.17) is 20.7 Å². The molecule has 0 heterocycles. The molecule has 0 saturated heterocycles. The van der Waals surface area contributed by atoms with Gasteiger partial charge in [0.1, 0.15) is 11.9 Å². The molecule has 7 nitrogen and oxygen atoms in total. The lowest BCUT2D eigenvalue weighted by molar-refractivity contribution is -0.304. The second-order valence-corrected chi connectivity index (χ2v) is 7.88. The molecule has 1 aromatic rings. The molecule has 9 heteroatoms. The molecule has 0 radical (unpaired) electrons. The molecule has 24 heavy (non-hydrogen) atoms. The Balaban J connectivity index is 2.76. The van der Waals surface area contributed by atoms with Gasteiger partial charge in [0.2, 0.25) is 0 Å². The van der Waals surface area contributed by atoms with Crippen LogP contribution in [-0.4, -0.2) is 32.3 Å². The van der Waals surface area contributed by atoms with Crippen molar-refractivity contribution < 1.29 is 28.4 Å². The van der Waals surface area contributed by atoms with E-state index in [0.29, 0.717) is 17.7 Å². The zero-order chi connectivity index (χ0) is 18.2. The number of rotatable bonds is 10. The van der Waals surface area contributed by atoms with Gasteiger partial charge in [0.25, 0.3) is 0 Å². The van der Waals surface area contributed by atoms with Crippen molar-refractivity contribution in [3.8, 4) is 5.75 Å². The van der Waals surface area contributed by atoms with Crippen LogP contribution in [0, 0.1) is 0 Å². The summed E-state index contributed by atoms with van der Waals surface area (Å²) in [5.41, 5.74) is 0.708. The lowest BCUT2D eigenvalue weighted by Gasteiger charge is -2.23. The zero-order valence-electron chi connectivity index (χ0n) is 14.2. The predicted molar refractivity (Wildman–Crippen MR) is 91.0 cm³/mol. The van der Waals surface area contributed by atoms with Crippen molar-refractivity contribution >= 4 is 24.1 Å². The Morgan fingerprint density at radius 1 is 1.29 bits per heavy atom. The van der Waals surface area contributed by atoms with Crippen molar-refractivity contribution in [3.05, 3.63) is 29.8 Å². The summed E-state index contributed by atoms with van der Waals surface area (Å²) < 4.78 is 22.6. The van der Waals surface area contributed by atoms with E-state index in [9.17, 15) is 9.36 Å². The highest BCUT2D eigenvalue weighted by molar-refractivity contribution is 7.84. The van der Waals surface area contributed by atoms with Gasteiger partial charge >= 0.3 is 12.8 Å². The highest BCUT2D eigenvalue weighted by atomic mass is 35.7. The summed E-state index contributed by atoms with van der Waals surface area (Å²) in [6.07, 6.45) is 0.185. The van der Waals surface area contributed by atoms with Crippen molar-refractivity contribution in [1.29, 1.82) is 0 Å². The van der Waals surface area contributed by atoms with Crippen LogP contribution in [-0.2, 0) is 30.3 Å². The predicted octanol–water partition coefficient (Wildman–Crippen LogP) is 3.46. The summed E-state index contributed by atoms with van der Waals surface area (Å²) in [6, 6.07) is 6.56. The molecule has 3 atom stereocenters. The van der Waals surface area contributed by atoms with Gasteiger partial charge in [-0.1, -0.05) is 18.2 Å². The quantitative estimate of drug-likeness (QED) is 0.288. The lowest BCUT2D eigenvalue weighted by atomic mass is 10.1. The number of halogens is 1. The molecule has 0 aromatic heterocycles. The number of carbonyl (C=O) groups is 1. The molecule has 136 valence electrons. The molecule has 0 aliphatic rings. The Kier molecular flexibility index (Phi) is 8.73. The van der Waals surface area contributed by atoms with Gasteiger partial charge < -0.3 is 9.26 Å². The Morgan fingerprint density at radius 3 is 2.58 bits per heavy atom. The van der Waals surface area contributed by atoms with E-state index < -0.39 is 6.87 Å². The van der Waals surface area contributed by atoms with Crippen LogP contribution in [0.4, 0.5) is 0 Å². The maximum absolute atomic E-state index is 12.5. The summed E-state index contributed by atoms with van der Waals surface area (Å²) in [6.45, 7) is -0.179. The van der Waals surface area contributed by atoms with Crippen molar-refractivity contribution in [2.45, 2.75) is 38.8 Å². The Hall–Kier alpha value is -1.11. The first-order valence-corrected chi connectivity index (χ1v) is 9.93. The van der Waals surface area contributed by atoms with Crippen molar-refractivity contribution in [2.24, 2.45) is 0 Å². The average molecular weight is 380 g/mol. The maximum Gasteiger partial charge on any atom is 0.409 e. The fraction of sp³-hybridized carbons (Fsp3) is 0.533. The summed E-state index contributed by atoms with van der Waals surface area (Å²) in [4.78, 5) is 20.8. The van der Waals surface area contributed by atoms with Crippen molar-refractivity contribution in [3.63, 3.8) is 0 Å². The number of nitrogens with one attached hydrogen (secondary N) is 1. The average Bonchev–Trinajstić information content (AvgIpc) is 2.53. The normalized spacial score (nSPS) is 16.0. The Bertz CT molecular complexity index is 585. The van der Waals surface area contributed by atoms with Gasteiger partial charge in [-0.05, 0) is 31.9 Å². The fourth-order valence-electron chi connectivity index (χ4n) is 1.87. The van der Waals surface area contributed by atoms with Crippen LogP contribution in [0.25, 0.3) is 0 Å². The second-order valence-electron chi connectivity index (χ2n) is 5.14. The molecule has 0 amide bonds. The molecule has 0 fully saturated rings. The molecular formula is C15H23ClNO6P. The summed E-state index contributed by atoms with van der Waals surface area (Å²) in [5.74, 6) is 0.0101. The number of methoxy groups -OCH3 is 1. The molecule has 0 saturated carbocycles. The van der Waals surface area contributed by atoms with Gasteiger partial charge in [0.15, 0.2) is 0 Å². The third kappa shape index (κ3) is 7.20. The number of para-hydroxylation sites is 1. The highest BCUT2D eigenvalue weighted by Crippen LogP contribution is 2.49. The summed E-state index contributed by atoms with van der Waals surface area (Å²) in [7, 11) is 2.71. The van der Waals surface area contributed by atoms with Crippen LogP contribution >= 0.6 is 18.1 Å². The maximum atomic E-state index is 12.5. The van der Waals surface area contributed by atoms with Crippen LogP contribution in [0.2, 0.25) is 0 Å². The molecule has 0 aliphatic heterocycles. The fourth-order valence-corrected chi connectivity index (χ4v) is 3.74. The number of benzene rings is 1. The zero-order valence-corrected chi connectivity index (χ0v) is 15.8. The number of carbonyl (C=O) groups excluding carboxylic acids is 1. The van der Waals surface area contributed by atoms with E-state index in [1.807, 2.05) is 0 Å². The number of hydrogen-bond donors (Lipinski definition) is 1. The third-order valence-corrected chi connectivity index (χ3v) is 4.97. The van der Waals surface area contributed by atoms with E-state index in [1.54, 1.807) is 38.1 Å². The van der Waals surface area contributed by atoms with E-state index in [0.717, 1.165) is 0 Å². The van der Waals surface area contributed by atoms with E-state index in [2.05, 4.69) is 14.7 Å². The molecule has 1 N–H and O–H groups in total. The standard InChI is InChI=1S/C15H23ClNO6P/c1-11(12(2)22-21-4)17-24(16,19)23-14-8-6-5-7-13(14)9-10-15(18)20-3/h5-8,11-12H,9-10H2,1-4H3,(H,17,19)/t11-,12?,24?/m0/s1. The Morgan fingerprint density at radius 2 is 1.96 bits per heavy atom. The van der Waals surface area contributed by atoms with Crippen LogP contribution in [0.5, 0.6) is 5.75 Å². The highest BCUT2D eigenvalue weighted by Gasteiger charge is 2.28. The van der Waals surface area contributed by atoms with Crippen molar-refractivity contribution in [1.82, 2.24) is 5.09 Å². The molecule has 1 aromatic carbocycles. The molecular weight excluding hydrogens is 357 g/mol. The first-order valence-electron chi connectivity index (χ1n) is 7.40. The van der Waals surface area contributed by atoms with Crippen LogP contribution in [0.1, 0.15) is 25.8 Å². The van der Waals surface area contributed by atoms with Gasteiger partial charge in [-0.25, -0.2) is 19.4 Å². The minimum Gasteiger partial charge on any atom is -0.469 e. The third-order valence-electron chi connectivity index (χ3n) is 3.32. The molecule has 1 rings (SSSR count). The van der Waals surface area contributed by atoms with E-state index >= 15 is 0 Å². The van der Waals surface area contributed by atoms with Gasteiger partial charge in [0, 0.05) is 23.7 Å². The monoisotopic (exact) mass is 379 g/mol. The van der Waals surface area contributed by atoms with Crippen molar-refractivity contribution in [2.75, 3.05) is 14.2 Å². The minimum atomic E-state index is -3.66. The molecule has 0 spiro atoms. The number of hydrogen-bond acceptors (Lipinski definition) is 6. The van der Waals surface area contributed by atoms with Crippen LogP contribution in [0.15, 0.2) is 24.3 Å². The minimum absolute atomic E-state index is 0.187. The molecule has 0 aliphatic carbocycles. The van der Waals surface area contributed by atoms with Gasteiger partial charge in [-0.15, -0.1) is 0 Å². The number of aryl methyl sites for hydroxylation is 1. The smallest absolute Gasteiger partial charge is 0.409 e. The van der Waals surface area contributed by atoms with Crippen LogP contribution in [0.3, 0.4) is 0 Å². The van der Waals surface area contributed by atoms with E-state index in [-0.39, 0.29) is 24.5 Å². The van der Waals surface area contributed by atoms with Gasteiger partial charge in [0.05, 0.1) is 14.2 Å². The summed E-state index contributed by atoms with van der Waals surface area (Å²) >= 11 is 6.01. The molecule has 2 unspecified atom stereocenters. The number of ether oxygens (including phenoxy) is 1. The van der Waals surface area contributed by atoms with E-state index in [1.165, 1.54) is 14.2 Å². The first kappa shape index (κ1) is 20.9. The van der Waals surface area contributed by atoms with Gasteiger partial charge in [-0.2, -0.15) is 0 Å². The second kappa shape index (κ2) is 10.0. The number of esters is 1.